The highest BCUT2D eigenvalue weighted by Crippen LogP contribution is 2.50. The first-order valence-corrected chi connectivity index (χ1v) is 7.45. The largest absolute Gasteiger partial charge is 0.490 e. The van der Waals surface area contributed by atoms with E-state index in [0.29, 0.717) is 0 Å². The van der Waals surface area contributed by atoms with E-state index in [9.17, 15) is 0 Å². The van der Waals surface area contributed by atoms with Gasteiger partial charge in [-0.05, 0) is 56.7 Å². The molecule has 0 radical (unpaired) electrons. The first-order valence-electron chi connectivity index (χ1n) is 7.45. The molecule has 2 heterocycles. The van der Waals surface area contributed by atoms with Crippen molar-refractivity contribution in [2.75, 3.05) is 26.2 Å². The maximum Gasteiger partial charge on any atom is 0.138 e. The molecule has 3 heteroatoms. The van der Waals surface area contributed by atoms with Gasteiger partial charge in [0.15, 0.2) is 0 Å². The van der Waals surface area contributed by atoms with Gasteiger partial charge in [0, 0.05) is 12.5 Å². The summed E-state index contributed by atoms with van der Waals surface area (Å²) in [6.45, 7) is 4.11. The quantitative estimate of drug-likeness (QED) is 0.740. The number of fused-ring (bicyclic) bond motifs is 1. The van der Waals surface area contributed by atoms with Crippen LogP contribution in [0, 0.1) is 17.8 Å². The van der Waals surface area contributed by atoms with Crippen molar-refractivity contribution in [2.24, 2.45) is 17.8 Å². The Balaban J connectivity index is 1.73. The molecule has 4 rings (SSSR count). The summed E-state index contributed by atoms with van der Waals surface area (Å²) in [7, 11) is 0. The Morgan fingerprint density at radius 3 is 2.94 bits per heavy atom. The molecule has 0 bridgehead atoms. The van der Waals surface area contributed by atoms with Gasteiger partial charge in [0.1, 0.15) is 12.4 Å². The molecule has 1 saturated heterocycles. The molecule has 1 saturated carbocycles. The van der Waals surface area contributed by atoms with Crippen molar-refractivity contribution < 1.29 is 4.74 Å². The Morgan fingerprint density at radius 2 is 2.06 bits per heavy atom. The summed E-state index contributed by atoms with van der Waals surface area (Å²) < 4.78 is 5.90. The number of hydrogen-bond acceptors (Lipinski definition) is 3. The highest BCUT2D eigenvalue weighted by atomic mass is 16.5. The van der Waals surface area contributed by atoms with Crippen LogP contribution < -0.4 is 10.6 Å². The van der Waals surface area contributed by atoms with Crippen LogP contribution in [0.5, 0.6) is 0 Å². The third-order valence-electron chi connectivity index (χ3n) is 4.85. The van der Waals surface area contributed by atoms with E-state index >= 15 is 0 Å². The second-order valence-electron chi connectivity index (χ2n) is 6.03. The molecule has 98 valence electrons. The summed E-state index contributed by atoms with van der Waals surface area (Å²) in [4.78, 5) is 0. The topological polar surface area (TPSA) is 33.3 Å². The van der Waals surface area contributed by atoms with Crippen LogP contribution in [0.25, 0.3) is 0 Å². The van der Waals surface area contributed by atoms with Gasteiger partial charge < -0.3 is 15.4 Å². The predicted molar refractivity (Wildman–Crippen MR) is 70.9 cm³/mol. The van der Waals surface area contributed by atoms with Crippen LogP contribution >= 0.6 is 0 Å². The molecule has 3 nitrogen and oxygen atoms in total. The van der Waals surface area contributed by atoms with Gasteiger partial charge in [0.2, 0.25) is 0 Å². The minimum Gasteiger partial charge on any atom is -0.490 e. The van der Waals surface area contributed by atoms with E-state index in [-0.39, 0.29) is 0 Å². The second kappa shape index (κ2) is 4.30. The molecule has 0 aromatic rings. The van der Waals surface area contributed by atoms with Crippen molar-refractivity contribution in [3.8, 4) is 0 Å². The van der Waals surface area contributed by atoms with Crippen molar-refractivity contribution in [2.45, 2.75) is 25.7 Å². The third-order valence-corrected chi connectivity index (χ3v) is 4.85. The molecular weight excluding hydrogens is 224 g/mol. The summed E-state index contributed by atoms with van der Waals surface area (Å²) in [5.41, 5.74) is 3.07. The summed E-state index contributed by atoms with van der Waals surface area (Å²) >= 11 is 0. The monoisotopic (exact) mass is 246 g/mol. The fraction of sp³-hybridized carbons (Fsp3) is 0.733. The Morgan fingerprint density at radius 1 is 1.11 bits per heavy atom. The molecule has 2 atom stereocenters. The van der Waals surface area contributed by atoms with Gasteiger partial charge in [0.25, 0.3) is 0 Å². The molecule has 2 N–H and O–H groups in total. The zero-order chi connectivity index (χ0) is 11.9. The third kappa shape index (κ3) is 1.76. The van der Waals surface area contributed by atoms with Gasteiger partial charge in [-0.15, -0.1) is 0 Å². The van der Waals surface area contributed by atoms with Crippen molar-refractivity contribution in [3.63, 3.8) is 0 Å². The van der Waals surface area contributed by atoms with E-state index in [1.807, 2.05) is 0 Å². The maximum atomic E-state index is 5.90. The number of ether oxygens (including phenoxy) is 1. The van der Waals surface area contributed by atoms with E-state index in [1.54, 1.807) is 5.57 Å². The fourth-order valence-electron chi connectivity index (χ4n) is 3.88. The SMILES string of the molecule is C1=C2CCNCCC2C(C2CC2)C2=C1OCCN2. The van der Waals surface area contributed by atoms with Gasteiger partial charge in [-0.1, -0.05) is 5.57 Å². The van der Waals surface area contributed by atoms with Crippen molar-refractivity contribution >= 4 is 0 Å². The first-order chi connectivity index (χ1) is 8.93. The maximum absolute atomic E-state index is 5.90. The minimum absolute atomic E-state index is 0.722. The van der Waals surface area contributed by atoms with E-state index in [0.717, 1.165) is 43.2 Å². The van der Waals surface area contributed by atoms with Gasteiger partial charge in [-0.3, -0.25) is 0 Å². The van der Waals surface area contributed by atoms with E-state index in [4.69, 9.17) is 4.74 Å². The summed E-state index contributed by atoms with van der Waals surface area (Å²) in [5, 5.41) is 7.18. The standard InChI is InChI=1S/C15H22N2O/c1-2-10(1)14-12-4-6-16-5-3-11(12)9-13-15(14)17-7-8-18-13/h9-10,12,14,16-17H,1-8H2. The van der Waals surface area contributed by atoms with Crippen LogP contribution in [-0.2, 0) is 4.74 Å². The number of allylic oxidation sites excluding steroid dienone is 2. The Kier molecular flexibility index (Phi) is 2.61. The molecular formula is C15H22N2O. The fourth-order valence-corrected chi connectivity index (χ4v) is 3.88. The van der Waals surface area contributed by atoms with E-state index in [2.05, 4.69) is 16.7 Å². The normalized spacial score (nSPS) is 35.7. The molecule has 2 fully saturated rings. The zero-order valence-electron chi connectivity index (χ0n) is 10.9. The van der Waals surface area contributed by atoms with Crippen LogP contribution in [0.4, 0.5) is 0 Å². The molecule has 0 aromatic carbocycles. The smallest absolute Gasteiger partial charge is 0.138 e. The van der Waals surface area contributed by atoms with E-state index in [1.165, 1.54) is 37.9 Å². The molecule has 2 unspecified atom stereocenters. The van der Waals surface area contributed by atoms with Crippen LogP contribution in [0.2, 0.25) is 0 Å². The zero-order valence-corrected chi connectivity index (χ0v) is 10.9. The average molecular weight is 246 g/mol. The second-order valence-corrected chi connectivity index (χ2v) is 6.03. The molecule has 2 aliphatic carbocycles. The van der Waals surface area contributed by atoms with Gasteiger partial charge in [-0.2, -0.15) is 0 Å². The highest BCUT2D eigenvalue weighted by molar-refractivity contribution is 5.36. The lowest BCUT2D eigenvalue weighted by Crippen LogP contribution is -2.37. The molecule has 0 spiro atoms. The lowest BCUT2D eigenvalue weighted by atomic mass is 9.74. The Labute approximate surface area is 109 Å². The minimum atomic E-state index is 0.722. The van der Waals surface area contributed by atoms with Crippen molar-refractivity contribution in [3.05, 3.63) is 23.1 Å². The molecule has 0 amide bonds. The molecule has 0 aromatic heterocycles. The molecule has 2 aliphatic heterocycles. The summed E-state index contributed by atoms with van der Waals surface area (Å²) in [6.07, 6.45) is 7.68. The number of nitrogens with one attached hydrogen (secondary N) is 2. The van der Waals surface area contributed by atoms with Crippen LogP contribution in [-0.4, -0.2) is 26.2 Å². The predicted octanol–water partition coefficient (Wildman–Crippen LogP) is 1.78. The van der Waals surface area contributed by atoms with Crippen LogP contribution in [0.1, 0.15) is 25.7 Å². The number of rotatable bonds is 1. The molecule has 18 heavy (non-hydrogen) atoms. The van der Waals surface area contributed by atoms with Gasteiger partial charge in [0.05, 0.1) is 5.70 Å². The van der Waals surface area contributed by atoms with Gasteiger partial charge in [-0.25, -0.2) is 0 Å². The lowest BCUT2D eigenvalue weighted by molar-refractivity contribution is 0.178. The van der Waals surface area contributed by atoms with Crippen molar-refractivity contribution in [1.82, 2.24) is 10.6 Å². The number of hydrogen-bond donors (Lipinski definition) is 2. The average Bonchev–Trinajstić information content (AvgIpc) is 3.22. The van der Waals surface area contributed by atoms with E-state index < -0.39 is 0 Å². The summed E-state index contributed by atoms with van der Waals surface area (Å²) in [6, 6.07) is 0. The summed E-state index contributed by atoms with van der Waals surface area (Å²) in [5.74, 6) is 3.56. The van der Waals surface area contributed by atoms with Crippen LogP contribution in [0.15, 0.2) is 23.1 Å². The molecule has 4 aliphatic rings. The van der Waals surface area contributed by atoms with Gasteiger partial charge >= 0.3 is 0 Å². The van der Waals surface area contributed by atoms with Crippen LogP contribution in [0.3, 0.4) is 0 Å². The van der Waals surface area contributed by atoms with Crippen molar-refractivity contribution in [1.29, 1.82) is 0 Å². The highest BCUT2D eigenvalue weighted by Gasteiger charge is 2.44. The first kappa shape index (κ1) is 10.9. The lowest BCUT2D eigenvalue weighted by Gasteiger charge is -2.37. The Bertz CT molecular complexity index is 409. The Hall–Kier alpha value is -0.960.